The molecule has 43 heavy (non-hydrogen) atoms. The van der Waals surface area contributed by atoms with Crippen LogP contribution in [0.15, 0.2) is 77.7 Å². The molecule has 10 nitrogen and oxygen atoms in total. The van der Waals surface area contributed by atoms with Gasteiger partial charge in [0.25, 0.3) is 26.0 Å². The van der Waals surface area contributed by atoms with Gasteiger partial charge in [-0.2, -0.15) is 13.0 Å². The quantitative estimate of drug-likeness (QED) is 0.130. The molecule has 0 saturated heterocycles. The van der Waals surface area contributed by atoms with E-state index < -0.39 is 31.8 Å². The van der Waals surface area contributed by atoms with Crippen molar-refractivity contribution in [2.75, 3.05) is 18.8 Å². The Morgan fingerprint density at radius 3 is 2.00 bits per heavy atom. The van der Waals surface area contributed by atoms with Crippen LogP contribution in [0.5, 0.6) is 0 Å². The van der Waals surface area contributed by atoms with Gasteiger partial charge in [-0.15, -0.1) is 0 Å². The van der Waals surface area contributed by atoms with Crippen LogP contribution in [0.1, 0.15) is 48.5 Å². The van der Waals surface area contributed by atoms with Crippen LogP contribution in [0.3, 0.4) is 0 Å². The smallest absolute Gasteiger partial charge is 0.269 e. The molecule has 0 atom stereocenters. The maximum absolute atomic E-state index is 14.5. The van der Waals surface area contributed by atoms with E-state index in [1.165, 1.54) is 12.1 Å². The normalized spacial score (nSPS) is 12.0. The predicted octanol–water partition coefficient (Wildman–Crippen LogP) is 4.00. The summed E-state index contributed by atoms with van der Waals surface area (Å²) in [4.78, 5) is 26.7. The van der Waals surface area contributed by atoms with Crippen molar-refractivity contribution in [1.29, 1.82) is 0 Å². The Bertz CT molecular complexity index is 1800. The lowest BCUT2D eigenvalue weighted by Gasteiger charge is -2.24. The van der Waals surface area contributed by atoms with Gasteiger partial charge in [0.1, 0.15) is 0 Å². The third-order valence-electron chi connectivity index (χ3n) is 7.10. The van der Waals surface area contributed by atoms with E-state index in [1.54, 1.807) is 60.7 Å². The number of rotatable bonds is 13. The minimum Gasteiger partial charge on any atom is -0.356 e. The lowest BCUT2D eigenvalue weighted by atomic mass is 10.0. The van der Waals surface area contributed by atoms with Gasteiger partial charge >= 0.3 is 0 Å². The van der Waals surface area contributed by atoms with Gasteiger partial charge in [0.05, 0.1) is 27.0 Å². The van der Waals surface area contributed by atoms with E-state index in [4.69, 9.17) is 0 Å². The Hall–Kier alpha value is -3.87. The Morgan fingerprint density at radius 1 is 0.860 bits per heavy atom. The van der Waals surface area contributed by atoms with Crippen molar-refractivity contribution in [3.8, 4) is 0 Å². The van der Waals surface area contributed by atoms with Gasteiger partial charge in [0.2, 0.25) is 16.9 Å². The number of nitrogens with zero attached hydrogens (tertiary/aromatic N) is 2. The fourth-order valence-electron chi connectivity index (χ4n) is 5.02. The van der Waals surface area contributed by atoms with E-state index in [2.05, 4.69) is 5.32 Å². The summed E-state index contributed by atoms with van der Waals surface area (Å²) in [5.41, 5.74) is 2.25. The third-order valence-corrected chi connectivity index (χ3v) is 9.70. The van der Waals surface area contributed by atoms with Gasteiger partial charge in [-0.1, -0.05) is 48.9 Å². The Morgan fingerprint density at radius 2 is 1.44 bits per heavy atom. The molecule has 3 aromatic carbocycles. The Labute approximate surface area is 252 Å². The number of para-hydroxylation sites is 2. The molecule has 1 heterocycles. The molecule has 0 saturated carbocycles. The molecule has 4 rings (SSSR count). The van der Waals surface area contributed by atoms with Gasteiger partial charge in [0.15, 0.2) is 6.54 Å². The number of benzene rings is 3. The van der Waals surface area contributed by atoms with E-state index in [0.717, 1.165) is 16.3 Å². The molecule has 0 unspecified atom stereocenters. The topological polar surface area (TPSA) is 142 Å². The molecule has 12 heteroatoms. The molecule has 0 radical (unpaired) electrons. The lowest BCUT2D eigenvalue weighted by molar-refractivity contribution is -0.645. The first-order chi connectivity index (χ1) is 20.4. The summed E-state index contributed by atoms with van der Waals surface area (Å²) in [6, 6.07) is 20.3. The fourth-order valence-corrected chi connectivity index (χ4v) is 6.93. The maximum Gasteiger partial charge on any atom is 0.269 e. The van der Waals surface area contributed by atoms with E-state index in [9.17, 15) is 31.0 Å². The summed E-state index contributed by atoms with van der Waals surface area (Å²) in [5, 5.41) is 3.75. The van der Waals surface area contributed by atoms with Crippen molar-refractivity contribution in [2.24, 2.45) is 0 Å². The number of fused-ring (bicyclic) bond motifs is 2. The molecule has 2 N–H and O–H groups in total. The van der Waals surface area contributed by atoms with Gasteiger partial charge in [0, 0.05) is 38.1 Å². The van der Waals surface area contributed by atoms with Gasteiger partial charge in [-0.05, 0) is 44.0 Å². The largest absolute Gasteiger partial charge is 0.356 e. The van der Waals surface area contributed by atoms with Crippen molar-refractivity contribution in [2.45, 2.75) is 51.0 Å². The molecule has 0 aliphatic heterocycles. The number of amides is 2. The second-order valence-corrected chi connectivity index (χ2v) is 13.8. The summed E-state index contributed by atoms with van der Waals surface area (Å²) in [7, 11) is -8.48. The Balaban J connectivity index is 1.85. The second-order valence-electron chi connectivity index (χ2n) is 10.3. The van der Waals surface area contributed by atoms with Gasteiger partial charge in [-0.3, -0.25) is 14.1 Å². The standard InChI is InChI=1S/C31H35N3O7S2/c1-3-19-32-29(35)14-8-21-34(43(40,41)24-17-15-23(2)16-18-24)31(36)30-25-10-4-6-12-27(25)33(20-9-22-42(37,38)39)28-13-7-5-11-26(28)30/h4-7,10-13,15-18H,3,8-9,14,19-22H2,1-2H3,(H-,32,35,37,38,39)/p+1. The summed E-state index contributed by atoms with van der Waals surface area (Å²) in [5.74, 6) is -1.38. The maximum atomic E-state index is 14.5. The zero-order chi connectivity index (χ0) is 31.2. The molecule has 0 bridgehead atoms. The van der Waals surface area contributed by atoms with Crippen molar-refractivity contribution in [1.82, 2.24) is 9.62 Å². The number of carbonyl (C=O) groups is 2. The fraction of sp³-hybridized carbons (Fsp3) is 0.323. The van der Waals surface area contributed by atoms with E-state index >= 15 is 0 Å². The minimum absolute atomic E-state index is 0.0355. The molecule has 0 fully saturated rings. The average Bonchev–Trinajstić information content (AvgIpc) is 2.97. The Kier molecular flexibility index (Phi) is 10.2. The minimum atomic E-state index is -4.31. The third kappa shape index (κ3) is 7.56. The molecule has 1 aromatic heterocycles. The zero-order valence-corrected chi connectivity index (χ0v) is 25.8. The molecule has 228 valence electrons. The summed E-state index contributed by atoms with van der Waals surface area (Å²) in [6.07, 6.45) is 1.07. The molecule has 0 aliphatic rings. The summed E-state index contributed by atoms with van der Waals surface area (Å²) < 4.78 is 62.8. The predicted molar refractivity (Wildman–Crippen MR) is 165 cm³/mol. The zero-order valence-electron chi connectivity index (χ0n) is 24.2. The monoisotopic (exact) mass is 626 g/mol. The van der Waals surface area contributed by atoms with Crippen LogP contribution < -0.4 is 9.88 Å². The average molecular weight is 627 g/mol. The van der Waals surface area contributed by atoms with Gasteiger partial charge in [-0.25, -0.2) is 12.7 Å². The first kappa shape index (κ1) is 32.1. The molecular formula is C31H36N3O7S2+. The van der Waals surface area contributed by atoms with Crippen LogP contribution in [-0.2, 0) is 31.5 Å². The molecule has 4 aromatic rings. The highest BCUT2D eigenvalue weighted by atomic mass is 32.2. The summed E-state index contributed by atoms with van der Waals surface area (Å²) in [6.45, 7) is 4.30. The van der Waals surface area contributed by atoms with Crippen LogP contribution in [0.4, 0.5) is 0 Å². The number of sulfonamides is 1. The second kappa shape index (κ2) is 13.6. The van der Waals surface area contributed by atoms with Crippen LogP contribution in [-0.4, -0.2) is 56.4 Å². The number of aryl methyl sites for hydroxylation is 2. The van der Waals surface area contributed by atoms with E-state index in [0.29, 0.717) is 28.4 Å². The number of hydrogen-bond acceptors (Lipinski definition) is 6. The van der Waals surface area contributed by atoms with E-state index in [1.807, 2.05) is 18.4 Å². The molecule has 0 spiro atoms. The SMILES string of the molecule is CCCNC(=O)CCCN(C(=O)c1c2ccccc2[n+](CCCS(=O)(=O)O)c2ccccc12)S(=O)(=O)c1ccc(C)cc1. The van der Waals surface area contributed by atoms with Crippen molar-refractivity contribution >= 4 is 53.8 Å². The van der Waals surface area contributed by atoms with Crippen LogP contribution in [0.2, 0.25) is 0 Å². The number of aromatic nitrogens is 1. The van der Waals surface area contributed by atoms with Gasteiger partial charge < -0.3 is 5.32 Å². The molecule has 0 aliphatic carbocycles. The number of pyridine rings is 1. The number of nitrogens with one attached hydrogen (secondary N) is 1. The van der Waals surface area contributed by atoms with Crippen LogP contribution in [0.25, 0.3) is 21.8 Å². The van der Waals surface area contributed by atoms with Crippen LogP contribution >= 0.6 is 0 Å². The van der Waals surface area contributed by atoms with Crippen molar-refractivity contribution in [3.63, 3.8) is 0 Å². The highest BCUT2D eigenvalue weighted by Crippen LogP contribution is 2.29. The molecular weight excluding hydrogens is 590 g/mol. The van der Waals surface area contributed by atoms with Crippen molar-refractivity contribution < 1.29 is 35.5 Å². The van der Waals surface area contributed by atoms with Crippen molar-refractivity contribution in [3.05, 3.63) is 83.9 Å². The van der Waals surface area contributed by atoms with Crippen LogP contribution in [0, 0.1) is 6.92 Å². The van der Waals surface area contributed by atoms with E-state index in [-0.39, 0.29) is 48.7 Å². The first-order valence-electron chi connectivity index (χ1n) is 14.1. The highest BCUT2D eigenvalue weighted by molar-refractivity contribution is 7.89. The number of hydrogen-bond donors (Lipinski definition) is 2. The number of carbonyl (C=O) groups excluding carboxylic acids is 2. The first-order valence-corrected chi connectivity index (χ1v) is 17.2. The molecule has 2 amide bonds. The highest BCUT2D eigenvalue weighted by Gasteiger charge is 2.34. The summed E-state index contributed by atoms with van der Waals surface area (Å²) >= 11 is 0. The lowest BCUT2D eigenvalue weighted by Crippen LogP contribution is -2.41.